The van der Waals surface area contributed by atoms with Crippen LogP contribution in [-0.2, 0) is 9.59 Å². The minimum atomic E-state index is -5.08. The number of nitrogens with zero attached hydrogens (tertiary/aromatic N) is 1. The number of amides is 1. The van der Waals surface area contributed by atoms with Crippen molar-refractivity contribution >= 4 is 11.9 Å². The number of hydrogen-bond donors (Lipinski definition) is 2. The SMILES string of the molecule is CC(C)[C@H](N)C(=O)N1CCCC1.O=C(O)C(F)(F)F. The van der Waals surface area contributed by atoms with E-state index in [1.807, 2.05) is 18.7 Å². The number of alkyl halides is 3. The first-order valence-corrected chi connectivity index (χ1v) is 5.91. The number of carboxylic acids is 1. The van der Waals surface area contributed by atoms with Crippen molar-refractivity contribution in [2.24, 2.45) is 11.7 Å². The second-order valence-electron chi connectivity index (χ2n) is 4.61. The van der Waals surface area contributed by atoms with Gasteiger partial charge in [-0.2, -0.15) is 13.2 Å². The molecule has 8 heteroatoms. The van der Waals surface area contributed by atoms with Crippen molar-refractivity contribution in [3.8, 4) is 0 Å². The number of carbonyl (C=O) groups is 2. The van der Waals surface area contributed by atoms with E-state index in [4.69, 9.17) is 15.6 Å². The Bertz CT molecular complexity index is 309. The van der Waals surface area contributed by atoms with Gasteiger partial charge >= 0.3 is 12.1 Å². The lowest BCUT2D eigenvalue weighted by molar-refractivity contribution is -0.192. The lowest BCUT2D eigenvalue weighted by Gasteiger charge is -2.22. The third kappa shape index (κ3) is 6.42. The molecule has 0 aromatic carbocycles. The molecule has 19 heavy (non-hydrogen) atoms. The summed E-state index contributed by atoms with van der Waals surface area (Å²) >= 11 is 0. The molecule has 5 nitrogen and oxygen atoms in total. The van der Waals surface area contributed by atoms with Crippen molar-refractivity contribution in [3.63, 3.8) is 0 Å². The van der Waals surface area contributed by atoms with Crippen LogP contribution in [0.3, 0.4) is 0 Å². The van der Waals surface area contributed by atoms with Gasteiger partial charge in [-0.15, -0.1) is 0 Å². The minimum Gasteiger partial charge on any atom is -0.475 e. The fraction of sp³-hybridized carbons (Fsp3) is 0.818. The number of aliphatic carboxylic acids is 1. The average molecular weight is 284 g/mol. The molecule has 0 radical (unpaired) electrons. The lowest BCUT2D eigenvalue weighted by atomic mass is 10.0. The number of hydrogen-bond acceptors (Lipinski definition) is 3. The number of carbonyl (C=O) groups excluding carboxylic acids is 1. The highest BCUT2D eigenvalue weighted by molar-refractivity contribution is 5.82. The molecule has 1 aliphatic rings. The fourth-order valence-electron chi connectivity index (χ4n) is 1.43. The number of carboxylic acid groups (broad SMARTS) is 1. The Balaban J connectivity index is 0.000000399. The van der Waals surface area contributed by atoms with Crippen LogP contribution in [0.1, 0.15) is 26.7 Å². The molecule has 0 aromatic rings. The molecule has 1 fully saturated rings. The van der Waals surface area contributed by atoms with Gasteiger partial charge in [-0.3, -0.25) is 4.79 Å². The molecule has 1 saturated heterocycles. The summed E-state index contributed by atoms with van der Waals surface area (Å²) in [5, 5.41) is 7.12. The molecular weight excluding hydrogens is 265 g/mol. The standard InChI is InChI=1S/C9H18N2O.C2HF3O2/c1-7(2)8(10)9(12)11-5-3-4-6-11;3-2(4,5)1(6)7/h7-8H,3-6,10H2,1-2H3;(H,6,7)/t8-;/m0./s1. The highest BCUT2D eigenvalue weighted by Crippen LogP contribution is 2.13. The van der Waals surface area contributed by atoms with Crippen LogP contribution in [0.5, 0.6) is 0 Å². The largest absolute Gasteiger partial charge is 0.490 e. The van der Waals surface area contributed by atoms with Gasteiger partial charge in [0.05, 0.1) is 6.04 Å². The van der Waals surface area contributed by atoms with Gasteiger partial charge in [0.25, 0.3) is 0 Å². The Kier molecular flexibility index (Phi) is 6.82. The van der Waals surface area contributed by atoms with Crippen molar-refractivity contribution in [2.45, 2.75) is 38.9 Å². The van der Waals surface area contributed by atoms with Gasteiger partial charge in [-0.1, -0.05) is 13.8 Å². The van der Waals surface area contributed by atoms with E-state index in [1.54, 1.807) is 0 Å². The Morgan fingerprint density at radius 3 is 1.84 bits per heavy atom. The average Bonchev–Trinajstić information content (AvgIpc) is 2.79. The Hall–Kier alpha value is -1.31. The molecule has 0 saturated carbocycles. The van der Waals surface area contributed by atoms with E-state index < -0.39 is 12.1 Å². The second kappa shape index (κ2) is 7.32. The molecule has 1 aliphatic heterocycles. The van der Waals surface area contributed by atoms with Gasteiger partial charge in [0.2, 0.25) is 5.91 Å². The zero-order valence-electron chi connectivity index (χ0n) is 10.9. The summed E-state index contributed by atoms with van der Waals surface area (Å²) in [4.78, 5) is 22.4. The van der Waals surface area contributed by atoms with Crippen molar-refractivity contribution in [2.75, 3.05) is 13.1 Å². The quantitative estimate of drug-likeness (QED) is 0.798. The third-order valence-electron chi connectivity index (χ3n) is 2.66. The second-order valence-corrected chi connectivity index (χ2v) is 4.61. The first kappa shape index (κ1) is 17.7. The van der Waals surface area contributed by atoms with E-state index in [2.05, 4.69) is 0 Å². The molecule has 0 spiro atoms. The van der Waals surface area contributed by atoms with Gasteiger partial charge in [0.15, 0.2) is 0 Å². The lowest BCUT2D eigenvalue weighted by Crippen LogP contribution is -2.45. The van der Waals surface area contributed by atoms with Crippen LogP contribution in [0.2, 0.25) is 0 Å². The van der Waals surface area contributed by atoms with Crippen molar-refractivity contribution in [1.82, 2.24) is 4.90 Å². The van der Waals surface area contributed by atoms with Crippen molar-refractivity contribution < 1.29 is 27.9 Å². The summed E-state index contributed by atoms with van der Waals surface area (Å²) in [7, 11) is 0. The van der Waals surface area contributed by atoms with Gasteiger partial charge in [0, 0.05) is 13.1 Å². The van der Waals surface area contributed by atoms with E-state index in [0.717, 1.165) is 25.9 Å². The fourth-order valence-corrected chi connectivity index (χ4v) is 1.43. The first-order valence-electron chi connectivity index (χ1n) is 5.91. The van der Waals surface area contributed by atoms with Crippen LogP contribution in [0.15, 0.2) is 0 Å². The summed E-state index contributed by atoms with van der Waals surface area (Å²) < 4.78 is 31.7. The zero-order valence-corrected chi connectivity index (χ0v) is 10.9. The minimum absolute atomic E-state index is 0.127. The molecule has 1 atom stereocenters. The predicted molar refractivity (Wildman–Crippen MR) is 62.3 cm³/mol. The summed E-state index contributed by atoms with van der Waals surface area (Å²) in [6.07, 6.45) is -2.81. The molecule has 1 amide bonds. The van der Waals surface area contributed by atoms with Gasteiger partial charge < -0.3 is 15.7 Å². The smallest absolute Gasteiger partial charge is 0.475 e. The Labute approximate surface area is 109 Å². The number of likely N-dealkylation sites (tertiary alicyclic amines) is 1. The molecular formula is C11H19F3N2O3. The van der Waals surface area contributed by atoms with Crippen molar-refractivity contribution in [3.05, 3.63) is 0 Å². The van der Waals surface area contributed by atoms with Crippen LogP contribution >= 0.6 is 0 Å². The number of halogens is 3. The molecule has 0 unspecified atom stereocenters. The molecule has 0 aromatic heterocycles. The zero-order chi connectivity index (χ0) is 15.2. The van der Waals surface area contributed by atoms with E-state index in [-0.39, 0.29) is 17.9 Å². The Morgan fingerprint density at radius 1 is 1.21 bits per heavy atom. The molecule has 1 heterocycles. The summed E-state index contributed by atoms with van der Waals surface area (Å²) in [6, 6.07) is -0.303. The summed E-state index contributed by atoms with van der Waals surface area (Å²) in [5.41, 5.74) is 5.75. The van der Waals surface area contributed by atoms with E-state index in [0.29, 0.717) is 0 Å². The maximum absolute atomic E-state index is 11.6. The first-order chi connectivity index (χ1) is 8.57. The third-order valence-corrected chi connectivity index (χ3v) is 2.66. The topological polar surface area (TPSA) is 83.6 Å². The van der Waals surface area contributed by atoms with E-state index >= 15 is 0 Å². The number of rotatable bonds is 2. The summed E-state index contributed by atoms with van der Waals surface area (Å²) in [5.74, 6) is -2.38. The Morgan fingerprint density at radius 2 is 1.58 bits per heavy atom. The highest BCUT2D eigenvalue weighted by Gasteiger charge is 2.38. The maximum atomic E-state index is 11.6. The van der Waals surface area contributed by atoms with Crippen LogP contribution in [-0.4, -0.2) is 47.2 Å². The molecule has 1 rings (SSSR count). The van der Waals surface area contributed by atoms with Crippen LogP contribution in [0, 0.1) is 5.92 Å². The molecule has 112 valence electrons. The molecule has 3 N–H and O–H groups in total. The van der Waals surface area contributed by atoms with E-state index in [9.17, 15) is 18.0 Å². The van der Waals surface area contributed by atoms with Crippen LogP contribution in [0.4, 0.5) is 13.2 Å². The van der Waals surface area contributed by atoms with Gasteiger partial charge in [-0.05, 0) is 18.8 Å². The van der Waals surface area contributed by atoms with Gasteiger partial charge in [-0.25, -0.2) is 4.79 Å². The molecule has 0 bridgehead atoms. The van der Waals surface area contributed by atoms with Crippen LogP contribution in [0.25, 0.3) is 0 Å². The van der Waals surface area contributed by atoms with Crippen molar-refractivity contribution in [1.29, 1.82) is 0 Å². The highest BCUT2D eigenvalue weighted by atomic mass is 19.4. The van der Waals surface area contributed by atoms with Gasteiger partial charge in [0.1, 0.15) is 0 Å². The molecule has 0 aliphatic carbocycles. The normalized spacial score (nSPS) is 16.9. The van der Waals surface area contributed by atoms with Crippen LogP contribution < -0.4 is 5.73 Å². The predicted octanol–water partition coefficient (Wildman–Crippen LogP) is 1.23. The monoisotopic (exact) mass is 284 g/mol. The number of nitrogens with two attached hydrogens (primary N) is 1. The maximum Gasteiger partial charge on any atom is 0.490 e. The summed E-state index contributed by atoms with van der Waals surface area (Å²) in [6.45, 7) is 5.77. The van der Waals surface area contributed by atoms with E-state index in [1.165, 1.54) is 0 Å².